The summed E-state index contributed by atoms with van der Waals surface area (Å²) in [7, 11) is 1.54. The van der Waals surface area contributed by atoms with Gasteiger partial charge in [0.05, 0.1) is 32.6 Å². The molecule has 0 saturated carbocycles. The molecule has 170 valence electrons. The summed E-state index contributed by atoms with van der Waals surface area (Å²) < 4.78 is 10.7. The number of carbonyl (C=O) groups excluding carboxylic acids is 2. The van der Waals surface area contributed by atoms with E-state index in [1.807, 2.05) is 29.2 Å². The van der Waals surface area contributed by atoms with E-state index >= 15 is 0 Å². The van der Waals surface area contributed by atoms with Crippen molar-refractivity contribution in [2.45, 2.75) is 0 Å². The van der Waals surface area contributed by atoms with Gasteiger partial charge in [-0.3, -0.25) is 19.5 Å². The van der Waals surface area contributed by atoms with E-state index in [1.54, 1.807) is 42.7 Å². The minimum absolute atomic E-state index is 0.148. The number of pyridine rings is 1. The monoisotopic (exact) mass is 446 g/mol. The Labute approximate surface area is 192 Å². The highest BCUT2D eigenvalue weighted by atomic mass is 16.5. The highest BCUT2D eigenvalue weighted by molar-refractivity contribution is 6.05. The number of hydrogen-bond donors (Lipinski definition) is 2. The number of aromatic nitrogens is 1. The predicted molar refractivity (Wildman–Crippen MR) is 127 cm³/mol. The molecule has 8 nitrogen and oxygen atoms in total. The minimum Gasteiger partial charge on any atom is -0.495 e. The van der Waals surface area contributed by atoms with Crippen molar-refractivity contribution in [1.82, 2.24) is 9.88 Å². The standard InChI is InChI=1S/C25H26N4O4/c1-32-23-9-8-21(15-22(23)28-24(30)17-29-11-13-33-14-12-29)27-25(31)19-6-4-18(5-7-19)20-3-2-10-26-16-20/h2-10,15-16H,11-14,17H2,1H3,(H,27,31)(H,28,30). The van der Waals surface area contributed by atoms with Gasteiger partial charge in [0.2, 0.25) is 5.91 Å². The number of nitrogens with zero attached hydrogens (tertiary/aromatic N) is 2. The van der Waals surface area contributed by atoms with Crippen molar-refractivity contribution in [2.24, 2.45) is 0 Å². The highest BCUT2D eigenvalue weighted by Crippen LogP contribution is 2.28. The topological polar surface area (TPSA) is 92.8 Å². The van der Waals surface area contributed by atoms with Gasteiger partial charge in [-0.15, -0.1) is 0 Å². The third-order valence-corrected chi connectivity index (χ3v) is 5.34. The molecule has 0 spiro atoms. The van der Waals surface area contributed by atoms with Gasteiger partial charge in [-0.1, -0.05) is 18.2 Å². The van der Waals surface area contributed by atoms with Gasteiger partial charge in [-0.2, -0.15) is 0 Å². The highest BCUT2D eigenvalue weighted by Gasteiger charge is 2.16. The number of benzene rings is 2. The number of hydrogen-bond acceptors (Lipinski definition) is 6. The molecule has 1 fully saturated rings. The number of amides is 2. The van der Waals surface area contributed by atoms with Crippen LogP contribution in [0.15, 0.2) is 67.0 Å². The molecule has 2 heterocycles. The lowest BCUT2D eigenvalue weighted by Gasteiger charge is -2.26. The maximum atomic E-state index is 12.8. The summed E-state index contributed by atoms with van der Waals surface area (Å²) in [5, 5.41) is 5.76. The molecule has 2 N–H and O–H groups in total. The summed E-state index contributed by atoms with van der Waals surface area (Å²) in [5.41, 5.74) is 3.54. The van der Waals surface area contributed by atoms with Crippen LogP contribution in [0.4, 0.5) is 11.4 Å². The fraction of sp³-hybridized carbons (Fsp3) is 0.240. The Morgan fingerprint density at radius 1 is 1.03 bits per heavy atom. The van der Waals surface area contributed by atoms with Crippen LogP contribution in [0.3, 0.4) is 0 Å². The second-order valence-corrected chi connectivity index (χ2v) is 7.62. The number of nitrogens with one attached hydrogen (secondary N) is 2. The average Bonchev–Trinajstić information content (AvgIpc) is 2.85. The van der Waals surface area contributed by atoms with Crippen LogP contribution in [0.5, 0.6) is 5.75 Å². The van der Waals surface area contributed by atoms with Gasteiger partial charge in [0.1, 0.15) is 5.75 Å². The van der Waals surface area contributed by atoms with Gasteiger partial charge >= 0.3 is 0 Å². The van der Waals surface area contributed by atoms with Gasteiger partial charge in [0.25, 0.3) is 5.91 Å². The number of methoxy groups -OCH3 is 1. The SMILES string of the molecule is COc1ccc(NC(=O)c2ccc(-c3cccnc3)cc2)cc1NC(=O)CN1CCOCC1. The van der Waals surface area contributed by atoms with Gasteiger partial charge in [0.15, 0.2) is 0 Å². The fourth-order valence-electron chi connectivity index (χ4n) is 3.59. The molecule has 33 heavy (non-hydrogen) atoms. The van der Waals surface area contributed by atoms with E-state index < -0.39 is 0 Å². The zero-order chi connectivity index (χ0) is 23.0. The molecule has 2 amide bonds. The molecule has 2 aromatic carbocycles. The summed E-state index contributed by atoms with van der Waals surface area (Å²) in [4.78, 5) is 31.4. The summed E-state index contributed by atoms with van der Waals surface area (Å²) in [6.45, 7) is 2.97. The molecular formula is C25H26N4O4. The molecule has 3 aromatic rings. The van der Waals surface area contributed by atoms with Crippen molar-refractivity contribution < 1.29 is 19.1 Å². The first-order chi connectivity index (χ1) is 16.1. The Balaban J connectivity index is 1.42. The van der Waals surface area contributed by atoms with Gasteiger partial charge < -0.3 is 20.1 Å². The van der Waals surface area contributed by atoms with Crippen LogP contribution in [0.2, 0.25) is 0 Å². The third kappa shape index (κ3) is 5.94. The Kier molecular flexibility index (Phi) is 7.29. The molecule has 0 atom stereocenters. The van der Waals surface area contributed by atoms with Crippen LogP contribution >= 0.6 is 0 Å². The van der Waals surface area contributed by atoms with Crippen LogP contribution in [0, 0.1) is 0 Å². The van der Waals surface area contributed by atoms with Crippen molar-refractivity contribution >= 4 is 23.2 Å². The van der Waals surface area contributed by atoms with Crippen LogP contribution in [-0.2, 0) is 9.53 Å². The molecule has 0 aliphatic carbocycles. The first kappa shape index (κ1) is 22.4. The zero-order valence-electron chi connectivity index (χ0n) is 18.4. The summed E-state index contributed by atoms with van der Waals surface area (Å²) >= 11 is 0. The Morgan fingerprint density at radius 2 is 1.82 bits per heavy atom. The lowest BCUT2D eigenvalue weighted by atomic mass is 10.1. The normalized spacial score (nSPS) is 13.8. The second kappa shape index (κ2) is 10.7. The van der Waals surface area contributed by atoms with Crippen molar-refractivity contribution in [3.05, 3.63) is 72.6 Å². The van der Waals surface area contributed by atoms with Gasteiger partial charge in [-0.05, 0) is 47.5 Å². The van der Waals surface area contributed by atoms with Crippen LogP contribution in [0.25, 0.3) is 11.1 Å². The molecular weight excluding hydrogens is 420 g/mol. The fourth-order valence-corrected chi connectivity index (χ4v) is 3.59. The molecule has 8 heteroatoms. The molecule has 1 aromatic heterocycles. The Bertz CT molecular complexity index is 1100. The van der Waals surface area contributed by atoms with E-state index in [0.29, 0.717) is 35.9 Å². The number of anilines is 2. The predicted octanol–water partition coefficient (Wildman–Crippen LogP) is 3.28. The van der Waals surface area contributed by atoms with E-state index in [-0.39, 0.29) is 18.4 Å². The lowest BCUT2D eigenvalue weighted by Crippen LogP contribution is -2.41. The Morgan fingerprint density at radius 3 is 2.52 bits per heavy atom. The van der Waals surface area contributed by atoms with Crippen LogP contribution < -0.4 is 15.4 Å². The van der Waals surface area contributed by atoms with Crippen molar-refractivity contribution in [2.75, 3.05) is 50.6 Å². The smallest absolute Gasteiger partial charge is 0.255 e. The van der Waals surface area contributed by atoms with Gasteiger partial charge in [-0.25, -0.2) is 0 Å². The lowest BCUT2D eigenvalue weighted by molar-refractivity contribution is -0.118. The summed E-state index contributed by atoms with van der Waals surface area (Å²) in [5.74, 6) is 0.123. The first-order valence-electron chi connectivity index (χ1n) is 10.7. The van der Waals surface area contributed by atoms with Crippen molar-refractivity contribution in [3.63, 3.8) is 0 Å². The minimum atomic E-state index is -0.247. The molecule has 1 aliphatic heterocycles. The van der Waals surface area contributed by atoms with Gasteiger partial charge in [0, 0.05) is 36.7 Å². The maximum Gasteiger partial charge on any atom is 0.255 e. The molecule has 0 radical (unpaired) electrons. The van der Waals surface area contributed by atoms with E-state index in [0.717, 1.165) is 24.2 Å². The van der Waals surface area contributed by atoms with E-state index in [4.69, 9.17) is 9.47 Å². The molecule has 0 bridgehead atoms. The molecule has 1 aliphatic rings. The second-order valence-electron chi connectivity index (χ2n) is 7.62. The van der Waals surface area contributed by atoms with E-state index in [9.17, 15) is 9.59 Å². The average molecular weight is 447 g/mol. The maximum absolute atomic E-state index is 12.8. The largest absolute Gasteiger partial charge is 0.495 e. The van der Waals surface area contributed by atoms with E-state index in [2.05, 4.69) is 15.6 Å². The molecule has 1 saturated heterocycles. The van der Waals surface area contributed by atoms with Crippen molar-refractivity contribution in [1.29, 1.82) is 0 Å². The third-order valence-electron chi connectivity index (χ3n) is 5.34. The quantitative estimate of drug-likeness (QED) is 0.579. The molecule has 0 unspecified atom stereocenters. The van der Waals surface area contributed by atoms with Crippen LogP contribution in [0.1, 0.15) is 10.4 Å². The summed E-state index contributed by atoms with van der Waals surface area (Å²) in [6, 6.07) is 16.3. The Hall–Kier alpha value is -3.75. The zero-order valence-corrected chi connectivity index (χ0v) is 18.4. The van der Waals surface area contributed by atoms with Crippen molar-refractivity contribution in [3.8, 4) is 16.9 Å². The summed E-state index contributed by atoms with van der Waals surface area (Å²) in [6.07, 6.45) is 3.50. The van der Waals surface area contributed by atoms with Crippen LogP contribution in [-0.4, -0.2) is 61.7 Å². The molecule has 4 rings (SSSR count). The van der Waals surface area contributed by atoms with E-state index in [1.165, 1.54) is 7.11 Å². The number of carbonyl (C=O) groups is 2. The number of morpholine rings is 1. The number of rotatable bonds is 7. The first-order valence-corrected chi connectivity index (χ1v) is 10.7. The number of ether oxygens (including phenoxy) is 2.